The van der Waals surface area contributed by atoms with Gasteiger partial charge in [0.25, 0.3) is 0 Å². The van der Waals surface area contributed by atoms with Crippen LogP contribution in [0.2, 0.25) is 0 Å². The lowest BCUT2D eigenvalue weighted by molar-refractivity contribution is 0.642. The van der Waals surface area contributed by atoms with Crippen LogP contribution in [0.3, 0.4) is 0 Å². The highest BCUT2D eigenvalue weighted by atomic mass is 32.1. The molecular formula is C8H4FS. The van der Waals surface area contributed by atoms with Gasteiger partial charge in [0.1, 0.15) is 5.82 Å². The number of hydrogen-bond donors (Lipinski definition) is 0. The molecule has 0 aliphatic rings. The largest absolute Gasteiger partial charge is 0.205 e. The summed E-state index contributed by atoms with van der Waals surface area (Å²) in [4.78, 5) is 0. The Balaban J connectivity index is 2.95. The first kappa shape index (κ1) is 5.86. The maximum Gasteiger partial charge on any atom is 0.141 e. The zero-order valence-corrected chi connectivity index (χ0v) is 5.91. The second kappa shape index (κ2) is 2.06. The van der Waals surface area contributed by atoms with Crippen LogP contribution in [0.5, 0.6) is 0 Å². The quantitative estimate of drug-likeness (QED) is 0.543. The van der Waals surface area contributed by atoms with E-state index >= 15 is 0 Å². The highest BCUT2D eigenvalue weighted by molar-refractivity contribution is 7.16. The Hall–Kier alpha value is -0.890. The number of hydrogen-bond acceptors (Lipinski definition) is 1. The molecule has 2 heteroatoms. The summed E-state index contributed by atoms with van der Waals surface area (Å²) in [6.07, 6.45) is 0. The van der Waals surface area contributed by atoms with Crippen molar-refractivity contribution in [3.05, 3.63) is 35.5 Å². The predicted octanol–water partition coefficient (Wildman–Crippen LogP) is 2.84. The summed E-state index contributed by atoms with van der Waals surface area (Å²) < 4.78 is 13.5. The number of halogens is 1. The lowest BCUT2D eigenvalue weighted by atomic mass is 10.3. The van der Waals surface area contributed by atoms with Crippen molar-refractivity contribution < 1.29 is 4.39 Å². The molecule has 10 heavy (non-hydrogen) atoms. The topological polar surface area (TPSA) is 0 Å². The molecule has 0 amide bonds. The van der Waals surface area contributed by atoms with Crippen molar-refractivity contribution in [1.29, 1.82) is 0 Å². The third-order valence-corrected chi connectivity index (χ3v) is 2.24. The van der Waals surface area contributed by atoms with E-state index in [4.69, 9.17) is 0 Å². The molecule has 0 saturated heterocycles. The molecule has 0 aliphatic heterocycles. The summed E-state index contributed by atoms with van der Waals surface area (Å²) >= 11 is 1.31. The van der Waals surface area contributed by atoms with Crippen molar-refractivity contribution in [3.8, 4) is 0 Å². The molecule has 0 aliphatic carbocycles. The maximum atomic E-state index is 12.8. The SMILES string of the molecule is Fc1cccc2c[c]sc12. The Bertz CT molecular complexity index is 351. The van der Waals surface area contributed by atoms with E-state index in [1.54, 1.807) is 12.1 Å². The average Bonchev–Trinajstić information content (AvgIpc) is 2.36. The van der Waals surface area contributed by atoms with Gasteiger partial charge in [-0.1, -0.05) is 12.1 Å². The van der Waals surface area contributed by atoms with Gasteiger partial charge in [0.15, 0.2) is 0 Å². The van der Waals surface area contributed by atoms with Crippen molar-refractivity contribution in [3.63, 3.8) is 0 Å². The molecule has 1 aromatic carbocycles. The lowest BCUT2D eigenvalue weighted by Crippen LogP contribution is -1.69. The maximum absolute atomic E-state index is 12.8. The van der Waals surface area contributed by atoms with Gasteiger partial charge in [-0.2, -0.15) is 0 Å². The van der Waals surface area contributed by atoms with Crippen LogP contribution >= 0.6 is 11.3 Å². The van der Waals surface area contributed by atoms with Gasteiger partial charge in [0.2, 0.25) is 0 Å². The molecule has 0 atom stereocenters. The fraction of sp³-hybridized carbons (Fsp3) is 0. The molecule has 0 bridgehead atoms. The Labute approximate surface area is 61.9 Å². The van der Waals surface area contributed by atoms with E-state index < -0.39 is 0 Å². The molecule has 0 unspecified atom stereocenters. The van der Waals surface area contributed by atoms with E-state index in [1.165, 1.54) is 17.4 Å². The molecule has 0 N–H and O–H groups in total. The van der Waals surface area contributed by atoms with E-state index in [2.05, 4.69) is 5.38 Å². The summed E-state index contributed by atoms with van der Waals surface area (Å²) in [7, 11) is 0. The molecule has 49 valence electrons. The van der Waals surface area contributed by atoms with Crippen LogP contribution in [0, 0.1) is 11.2 Å². The molecule has 2 aromatic rings. The van der Waals surface area contributed by atoms with Gasteiger partial charge in [-0.3, -0.25) is 0 Å². The van der Waals surface area contributed by atoms with E-state index in [0.29, 0.717) is 4.70 Å². The van der Waals surface area contributed by atoms with Crippen LogP contribution in [0.1, 0.15) is 0 Å². The van der Waals surface area contributed by atoms with Gasteiger partial charge < -0.3 is 0 Å². The Kier molecular flexibility index (Phi) is 1.21. The van der Waals surface area contributed by atoms with E-state index in [0.717, 1.165) is 5.39 Å². The Morgan fingerprint density at radius 2 is 2.30 bits per heavy atom. The van der Waals surface area contributed by atoms with Gasteiger partial charge in [-0.05, 0) is 17.5 Å². The third kappa shape index (κ3) is 0.727. The zero-order chi connectivity index (χ0) is 6.97. The monoisotopic (exact) mass is 151 g/mol. The van der Waals surface area contributed by atoms with Crippen molar-refractivity contribution in [2.75, 3.05) is 0 Å². The van der Waals surface area contributed by atoms with Gasteiger partial charge in [-0.15, -0.1) is 11.3 Å². The predicted molar refractivity (Wildman–Crippen MR) is 40.6 cm³/mol. The first-order chi connectivity index (χ1) is 4.88. The summed E-state index contributed by atoms with van der Waals surface area (Å²) in [5, 5.41) is 3.82. The third-order valence-electron chi connectivity index (χ3n) is 1.37. The molecular weight excluding hydrogens is 147 g/mol. The highest BCUT2D eigenvalue weighted by Gasteiger charge is 1.98. The second-order valence-electron chi connectivity index (χ2n) is 2.02. The fourth-order valence-corrected chi connectivity index (χ4v) is 1.61. The van der Waals surface area contributed by atoms with Crippen LogP contribution < -0.4 is 0 Å². The standard InChI is InChI=1S/C8H4FS/c9-7-3-1-2-6-4-5-10-8(6)7/h1-4H. The van der Waals surface area contributed by atoms with Gasteiger partial charge in [0, 0.05) is 5.38 Å². The minimum absolute atomic E-state index is 0.149. The summed E-state index contributed by atoms with van der Waals surface area (Å²) in [6.45, 7) is 0. The van der Waals surface area contributed by atoms with Gasteiger partial charge in [-0.25, -0.2) is 4.39 Å². The number of thiophene rings is 1. The number of fused-ring (bicyclic) bond motifs is 1. The van der Waals surface area contributed by atoms with Crippen molar-refractivity contribution in [2.45, 2.75) is 0 Å². The summed E-state index contributed by atoms with van der Waals surface area (Å²) in [6, 6.07) is 6.85. The van der Waals surface area contributed by atoms with Crippen molar-refractivity contribution >= 4 is 21.4 Å². The van der Waals surface area contributed by atoms with Crippen LogP contribution in [0.25, 0.3) is 10.1 Å². The second-order valence-corrected chi connectivity index (χ2v) is 2.87. The molecule has 0 fully saturated rings. The van der Waals surface area contributed by atoms with Crippen LogP contribution in [-0.4, -0.2) is 0 Å². The molecule has 1 radical (unpaired) electrons. The first-order valence-corrected chi connectivity index (χ1v) is 3.74. The van der Waals surface area contributed by atoms with Gasteiger partial charge >= 0.3 is 0 Å². The Morgan fingerprint density at radius 3 is 3.10 bits per heavy atom. The molecule has 1 heterocycles. The normalized spacial score (nSPS) is 10.5. The molecule has 0 saturated carbocycles. The van der Waals surface area contributed by atoms with Crippen LogP contribution in [-0.2, 0) is 0 Å². The van der Waals surface area contributed by atoms with E-state index in [1.807, 2.05) is 6.07 Å². The fourth-order valence-electron chi connectivity index (χ4n) is 0.899. The number of benzene rings is 1. The highest BCUT2D eigenvalue weighted by Crippen LogP contribution is 2.22. The molecule has 0 spiro atoms. The summed E-state index contributed by atoms with van der Waals surface area (Å²) in [5.41, 5.74) is 0. The average molecular weight is 151 g/mol. The van der Waals surface area contributed by atoms with Gasteiger partial charge in [0.05, 0.1) is 4.70 Å². The lowest BCUT2D eigenvalue weighted by Gasteiger charge is -1.87. The van der Waals surface area contributed by atoms with Crippen LogP contribution in [0.4, 0.5) is 4.39 Å². The smallest absolute Gasteiger partial charge is 0.141 e. The van der Waals surface area contributed by atoms with Crippen molar-refractivity contribution in [1.82, 2.24) is 0 Å². The van der Waals surface area contributed by atoms with E-state index in [9.17, 15) is 4.39 Å². The number of rotatable bonds is 0. The van der Waals surface area contributed by atoms with E-state index in [-0.39, 0.29) is 5.82 Å². The molecule has 0 nitrogen and oxygen atoms in total. The van der Waals surface area contributed by atoms with Crippen LogP contribution in [0.15, 0.2) is 24.3 Å². The first-order valence-electron chi connectivity index (χ1n) is 2.92. The minimum Gasteiger partial charge on any atom is -0.205 e. The van der Waals surface area contributed by atoms with Crippen molar-refractivity contribution in [2.24, 2.45) is 0 Å². The molecule has 2 rings (SSSR count). The Morgan fingerprint density at radius 1 is 1.40 bits per heavy atom. The minimum atomic E-state index is -0.149. The molecule has 1 aromatic heterocycles. The zero-order valence-electron chi connectivity index (χ0n) is 5.10. The summed E-state index contributed by atoms with van der Waals surface area (Å²) in [5.74, 6) is -0.149.